The van der Waals surface area contributed by atoms with Crippen molar-refractivity contribution in [1.82, 2.24) is 20.3 Å². The summed E-state index contributed by atoms with van der Waals surface area (Å²) in [4.78, 5) is 0. The lowest BCUT2D eigenvalue weighted by Crippen LogP contribution is -2.25. The highest BCUT2D eigenvalue weighted by Crippen LogP contribution is 2.38. The fourth-order valence-electron chi connectivity index (χ4n) is 2.91. The lowest BCUT2D eigenvalue weighted by atomic mass is 9.80. The zero-order chi connectivity index (χ0) is 12.5. The molecule has 0 bridgehead atoms. The molecule has 1 heterocycles. The van der Waals surface area contributed by atoms with E-state index in [4.69, 9.17) is 0 Å². The zero-order valence-electron chi connectivity index (χ0n) is 11.5. The molecule has 2 fully saturated rings. The third-order valence-corrected chi connectivity index (χ3v) is 4.61. The van der Waals surface area contributed by atoms with Gasteiger partial charge in [0.1, 0.15) is 0 Å². The van der Waals surface area contributed by atoms with E-state index in [1.807, 2.05) is 7.05 Å². The monoisotopic (exact) mass is 248 g/mol. The fraction of sp³-hybridized carbons (Fsp3) is 0.857. The van der Waals surface area contributed by atoms with Crippen LogP contribution in [0.1, 0.15) is 56.5 Å². The Morgan fingerprint density at radius 3 is 2.67 bits per heavy atom. The third kappa shape index (κ3) is 2.30. The van der Waals surface area contributed by atoms with Crippen molar-refractivity contribution >= 4 is 0 Å². The first-order valence-electron chi connectivity index (χ1n) is 7.37. The summed E-state index contributed by atoms with van der Waals surface area (Å²) in [6, 6.07) is 0.533. The minimum Gasteiger partial charge on any atom is -0.314 e. The highest BCUT2D eigenvalue weighted by molar-refractivity contribution is 5.13. The molecule has 0 amide bonds. The Bertz CT molecular complexity index is 404. The molecule has 3 rings (SSSR count). The standard InChI is InChI=1S/C14H24N4/c1-10(12-4-3-5-12)18-14(8-11-6-7-11)13(9-15-2)16-17-18/h10-12,15H,3-9H2,1-2H3. The Labute approximate surface area is 109 Å². The van der Waals surface area contributed by atoms with E-state index in [1.165, 1.54) is 44.2 Å². The Balaban J connectivity index is 1.81. The first kappa shape index (κ1) is 12.2. The maximum absolute atomic E-state index is 4.45. The van der Waals surface area contributed by atoms with Gasteiger partial charge in [-0.2, -0.15) is 0 Å². The predicted molar refractivity (Wildman–Crippen MR) is 71.3 cm³/mol. The first-order chi connectivity index (χ1) is 8.79. The molecule has 18 heavy (non-hydrogen) atoms. The van der Waals surface area contributed by atoms with E-state index < -0.39 is 0 Å². The van der Waals surface area contributed by atoms with Crippen LogP contribution in [0.4, 0.5) is 0 Å². The molecule has 1 aromatic heterocycles. The summed E-state index contributed by atoms with van der Waals surface area (Å²) in [6.07, 6.45) is 8.09. The Morgan fingerprint density at radius 2 is 2.11 bits per heavy atom. The van der Waals surface area contributed by atoms with Crippen LogP contribution >= 0.6 is 0 Å². The summed E-state index contributed by atoms with van der Waals surface area (Å²) < 4.78 is 2.23. The largest absolute Gasteiger partial charge is 0.314 e. The molecule has 4 heteroatoms. The maximum Gasteiger partial charge on any atom is 0.0996 e. The third-order valence-electron chi connectivity index (χ3n) is 4.61. The SMILES string of the molecule is CNCc1nnn(C(C)C2CCC2)c1CC1CC1. The van der Waals surface area contributed by atoms with Crippen molar-refractivity contribution in [2.24, 2.45) is 11.8 Å². The molecule has 0 spiro atoms. The topological polar surface area (TPSA) is 42.7 Å². The molecule has 100 valence electrons. The molecule has 1 atom stereocenters. The van der Waals surface area contributed by atoms with Gasteiger partial charge in [-0.1, -0.05) is 11.6 Å². The van der Waals surface area contributed by atoms with E-state index in [2.05, 4.69) is 27.2 Å². The van der Waals surface area contributed by atoms with Gasteiger partial charge in [0.2, 0.25) is 0 Å². The van der Waals surface area contributed by atoms with E-state index >= 15 is 0 Å². The molecule has 2 aliphatic carbocycles. The number of nitrogens with one attached hydrogen (secondary N) is 1. The molecule has 0 radical (unpaired) electrons. The average Bonchev–Trinajstić information content (AvgIpc) is 3.00. The smallest absolute Gasteiger partial charge is 0.0996 e. The van der Waals surface area contributed by atoms with Crippen molar-refractivity contribution in [1.29, 1.82) is 0 Å². The maximum atomic E-state index is 4.45. The van der Waals surface area contributed by atoms with Crippen LogP contribution in [0.3, 0.4) is 0 Å². The van der Waals surface area contributed by atoms with E-state index in [1.54, 1.807) is 0 Å². The number of rotatable bonds is 6. The summed E-state index contributed by atoms with van der Waals surface area (Å²) in [5.74, 6) is 1.72. The molecule has 4 nitrogen and oxygen atoms in total. The van der Waals surface area contributed by atoms with Crippen molar-refractivity contribution in [3.05, 3.63) is 11.4 Å². The summed E-state index contributed by atoms with van der Waals surface area (Å²) in [5, 5.41) is 12.1. The van der Waals surface area contributed by atoms with Gasteiger partial charge in [0.25, 0.3) is 0 Å². The molecule has 1 aromatic rings. The van der Waals surface area contributed by atoms with Crippen LogP contribution in [0.15, 0.2) is 0 Å². The highest BCUT2D eigenvalue weighted by Gasteiger charge is 2.31. The molecule has 2 aliphatic rings. The van der Waals surface area contributed by atoms with E-state index in [0.717, 1.165) is 24.1 Å². The lowest BCUT2D eigenvalue weighted by molar-refractivity contribution is 0.204. The van der Waals surface area contributed by atoms with Gasteiger partial charge in [-0.3, -0.25) is 0 Å². The van der Waals surface area contributed by atoms with E-state index in [-0.39, 0.29) is 0 Å². The first-order valence-corrected chi connectivity index (χ1v) is 7.37. The minimum atomic E-state index is 0.533. The van der Waals surface area contributed by atoms with Gasteiger partial charge in [-0.25, -0.2) is 4.68 Å². The number of aromatic nitrogens is 3. The van der Waals surface area contributed by atoms with Gasteiger partial charge in [-0.05, 0) is 57.9 Å². The van der Waals surface area contributed by atoms with Crippen molar-refractivity contribution in [2.45, 2.75) is 58.0 Å². The van der Waals surface area contributed by atoms with E-state index in [0.29, 0.717) is 6.04 Å². The van der Waals surface area contributed by atoms with Crippen LogP contribution in [0, 0.1) is 11.8 Å². The molecule has 0 saturated heterocycles. The van der Waals surface area contributed by atoms with Crippen LogP contribution < -0.4 is 5.32 Å². The summed E-state index contributed by atoms with van der Waals surface area (Å²) in [7, 11) is 1.98. The summed E-state index contributed by atoms with van der Waals surface area (Å²) in [5.41, 5.74) is 2.56. The van der Waals surface area contributed by atoms with Crippen LogP contribution in [-0.4, -0.2) is 22.0 Å². The van der Waals surface area contributed by atoms with Crippen LogP contribution in [-0.2, 0) is 13.0 Å². The molecule has 0 aliphatic heterocycles. The quantitative estimate of drug-likeness (QED) is 0.840. The average molecular weight is 248 g/mol. The fourth-order valence-corrected chi connectivity index (χ4v) is 2.91. The van der Waals surface area contributed by atoms with Crippen LogP contribution in [0.25, 0.3) is 0 Å². The summed E-state index contributed by atoms with van der Waals surface area (Å²) in [6.45, 7) is 3.16. The van der Waals surface area contributed by atoms with Crippen molar-refractivity contribution in [3.8, 4) is 0 Å². The Morgan fingerprint density at radius 1 is 1.33 bits per heavy atom. The van der Waals surface area contributed by atoms with Gasteiger partial charge in [0.15, 0.2) is 0 Å². The predicted octanol–water partition coefficient (Wildman–Crippen LogP) is 2.31. The summed E-state index contributed by atoms with van der Waals surface area (Å²) >= 11 is 0. The molecular formula is C14H24N4. The van der Waals surface area contributed by atoms with Gasteiger partial charge in [0, 0.05) is 6.54 Å². The Kier molecular flexibility index (Phi) is 3.37. The highest BCUT2D eigenvalue weighted by atomic mass is 15.4. The van der Waals surface area contributed by atoms with Gasteiger partial charge >= 0.3 is 0 Å². The van der Waals surface area contributed by atoms with Gasteiger partial charge < -0.3 is 5.32 Å². The molecule has 2 saturated carbocycles. The zero-order valence-corrected chi connectivity index (χ0v) is 11.5. The second-order valence-corrected chi connectivity index (χ2v) is 6.04. The molecular weight excluding hydrogens is 224 g/mol. The molecule has 1 N–H and O–H groups in total. The van der Waals surface area contributed by atoms with E-state index in [9.17, 15) is 0 Å². The van der Waals surface area contributed by atoms with Crippen molar-refractivity contribution in [3.63, 3.8) is 0 Å². The van der Waals surface area contributed by atoms with Crippen molar-refractivity contribution < 1.29 is 0 Å². The molecule has 1 unspecified atom stereocenters. The Hall–Kier alpha value is -0.900. The van der Waals surface area contributed by atoms with Gasteiger partial charge in [-0.15, -0.1) is 5.10 Å². The second kappa shape index (κ2) is 5.00. The van der Waals surface area contributed by atoms with Crippen LogP contribution in [0.2, 0.25) is 0 Å². The van der Waals surface area contributed by atoms with Gasteiger partial charge in [0.05, 0.1) is 17.4 Å². The van der Waals surface area contributed by atoms with Crippen LogP contribution in [0.5, 0.6) is 0 Å². The number of nitrogens with zero attached hydrogens (tertiary/aromatic N) is 3. The lowest BCUT2D eigenvalue weighted by Gasteiger charge is -2.32. The van der Waals surface area contributed by atoms with Crippen molar-refractivity contribution in [2.75, 3.05) is 7.05 Å². The normalized spacial score (nSPS) is 21.9. The minimum absolute atomic E-state index is 0.533. The molecule has 0 aromatic carbocycles. The number of hydrogen-bond acceptors (Lipinski definition) is 3. The number of hydrogen-bond donors (Lipinski definition) is 1. The second-order valence-electron chi connectivity index (χ2n) is 6.04.